The topological polar surface area (TPSA) is 94.9 Å². The lowest BCUT2D eigenvalue weighted by molar-refractivity contribution is -0.152. The molecule has 0 saturated carbocycles. The molecule has 0 aromatic rings. The van der Waals surface area contributed by atoms with E-state index >= 15 is 0 Å². The van der Waals surface area contributed by atoms with Gasteiger partial charge in [0.05, 0.1) is 12.0 Å². The molecule has 0 spiro atoms. The number of aliphatic carboxylic acids is 2. The molecular weight excluding hydrogens is 202 g/mol. The van der Waals surface area contributed by atoms with Crippen LogP contribution in [0.15, 0.2) is 11.8 Å². The summed E-state index contributed by atoms with van der Waals surface area (Å²) in [5.74, 6) is -2.90. The summed E-state index contributed by atoms with van der Waals surface area (Å²) in [5.41, 5.74) is -1.51. The molecule has 0 radical (unpaired) electrons. The van der Waals surface area contributed by atoms with Crippen molar-refractivity contribution in [1.29, 1.82) is 0 Å². The number of carbonyl (C=O) groups excluding carboxylic acids is 1. The molecule has 15 heavy (non-hydrogen) atoms. The lowest BCUT2D eigenvalue weighted by Gasteiger charge is -2.29. The summed E-state index contributed by atoms with van der Waals surface area (Å²) in [7, 11) is 0. The van der Waals surface area contributed by atoms with Crippen LogP contribution in [-0.2, 0) is 14.4 Å². The van der Waals surface area contributed by atoms with Crippen molar-refractivity contribution in [2.45, 2.75) is 25.8 Å². The number of hydrogen-bond acceptors (Lipinski definition) is 3. The maximum Gasteiger partial charge on any atom is 0.333 e. The highest BCUT2D eigenvalue weighted by Crippen LogP contribution is 2.25. The average molecular weight is 213 g/mol. The molecule has 0 fully saturated rings. The summed E-state index contributed by atoms with van der Waals surface area (Å²) in [6, 6.07) is 0. The second kappa shape index (κ2) is 3.38. The number of carbonyl (C=O) groups is 3. The molecule has 0 aliphatic carbocycles. The Hall–Kier alpha value is -1.85. The fourth-order valence-electron chi connectivity index (χ4n) is 1.23. The van der Waals surface area contributed by atoms with Crippen molar-refractivity contribution >= 4 is 17.8 Å². The van der Waals surface area contributed by atoms with Crippen LogP contribution < -0.4 is 0 Å². The van der Waals surface area contributed by atoms with E-state index < -0.39 is 23.4 Å². The maximum absolute atomic E-state index is 11.4. The van der Waals surface area contributed by atoms with Gasteiger partial charge in [0.2, 0.25) is 5.91 Å². The molecule has 6 nitrogen and oxygen atoms in total. The Bertz CT molecular complexity index is 369. The first kappa shape index (κ1) is 11.2. The lowest BCUT2D eigenvalue weighted by atomic mass is 10.0. The van der Waals surface area contributed by atoms with Crippen LogP contribution in [0.5, 0.6) is 0 Å². The first-order valence-electron chi connectivity index (χ1n) is 4.26. The average Bonchev–Trinajstić information content (AvgIpc) is 2.47. The van der Waals surface area contributed by atoms with Gasteiger partial charge in [-0.05, 0) is 13.8 Å². The predicted molar refractivity (Wildman–Crippen MR) is 48.9 cm³/mol. The molecule has 0 unspecified atom stereocenters. The number of hydrogen-bond donors (Lipinski definition) is 2. The number of nitrogens with zero attached hydrogens (tertiary/aromatic N) is 1. The van der Waals surface area contributed by atoms with Gasteiger partial charge in [-0.3, -0.25) is 4.79 Å². The SMILES string of the molecule is CC(C)(C(=O)O)N1C=C(C(=O)O)CC1=O. The highest BCUT2D eigenvalue weighted by atomic mass is 16.4. The third-order valence-electron chi connectivity index (χ3n) is 2.30. The predicted octanol–water partition coefficient (Wildman–Crippen LogP) is 0.0504. The molecule has 0 aromatic carbocycles. The Morgan fingerprint density at radius 2 is 1.93 bits per heavy atom. The van der Waals surface area contributed by atoms with Crippen LogP contribution in [0, 0.1) is 0 Å². The quantitative estimate of drug-likeness (QED) is 0.690. The monoisotopic (exact) mass is 213 g/mol. The van der Waals surface area contributed by atoms with Gasteiger partial charge in [0.15, 0.2) is 0 Å². The number of carboxylic acid groups (broad SMARTS) is 2. The van der Waals surface area contributed by atoms with E-state index in [1.54, 1.807) is 0 Å². The second-order valence-electron chi connectivity index (χ2n) is 3.76. The maximum atomic E-state index is 11.4. The zero-order valence-corrected chi connectivity index (χ0v) is 8.35. The number of carboxylic acids is 2. The Morgan fingerprint density at radius 1 is 1.40 bits per heavy atom. The molecule has 0 bridgehead atoms. The lowest BCUT2D eigenvalue weighted by Crippen LogP contribution is -2.48. The molecule has 0 saturated heterocycles. The van der Waals surface area contributed by atoms with Gasteiger partial charge < -0.3 is 15.1 Å². The van der Waals surface area contributed by atoms with Crippen LogP contribution in [0.4, 0.5) is 0 Å². The van der Waals surface area contributed by atoms with Crippen molar-refractivity contribution < 1.29 is 24.6 Å². The van der Waals surface area contributed by atoms with E-state index in [2.05, 4.69) is 0 Å². The van der Waals surface area contributed by atoms with E-state index in [-0.39, 0.29) is 12.0 Å². The van der Waals surface area contributed by atoms with Crippen LogP contribution in [-0.4, -0.2) is 38.5 Å². The third-order valence-corrected chi connectivity index (χ3v) is 2.30. The summed E-state index contributed by atoms with van der Waals surface area (Å²) in [6.07, 6.45) is 0.824. The Kier molecular flexibility index (Phi) is 2.53. The van der Waals surface area contributed by atoms with Crippen molar-refractivity contribution in [3.8, 4) is 0 Å². The van der Waals surface area contributed by atoms with Gasteiger partial charge in [-0.15, -0.1) is 0 Å². The Labute approximate surface area is 85.8 Å². The molecule has 2 N–H and O–H groups in total. The van der Waals surface area contributed by atoms with E-state index in [1.165, 1.54) is 13.8 Å². The van der Waals surface area contributed by atoms with Crippen molar-refractivity contribution in [3.05, 3.63) is 11.8 Å². The normalized spacial score (nSPS) is 16.5. The zero-order valence-electron chi connectivity index (χ0n) is 8.35. The summed E-state index contributed by atoms with van der Waals surface area (Å²) in [4.78, 5) is 33.8. The minimum absolute atomic E-state index is 0.0886. The standard InChI is InChI=1S/C9H11NO5/c1-9(2,8(14)15)10-4-5(7(12)13)3-6(10)11/h4H,3H2,1-2H3,(H,12,13)(H,14,15). The van der Waals surface area contributed by atoms with Gasteiger partial charge in [-0.1, -0.05) is 0 Å². The first-order chi connectivity index (χ1) is 6.76. The molecule has 6 heteroatoms. The first-order valence-corrected chi connectivity index (χ1v) is 4.26. The minimum atomic E-state index is -1.42. The van der Waals surface area contributed by atoms with Crippen LogP contribution in [0.1, 0.15) is 20.3 Å². The molecule has 0 aromatic heterocycles. The van der Waals surface area contributed by atoms with E-state index in [1.807, 2.05) is 0 Å². The van der Waals surface area contributed by atoms with Crippen molar-refractivity contribution in [2.24, 2.45) is 0 Å². The number of rotatable bonds is 3. The number of amides is 1. The highest BCUT2D eigenvalue weighted by Gasteiger charge is 2.41. The summed E-state index contributed by atoms with van der Waals surface area (Å²) >= 11 is 0. The fraction of sp³-hybridized carbons (Fsp3) is 0.444. The molecule has 82 valence electrons. The minimum Gasteiger partial charge on any atom is -0.480 e. The van der Waals surface area contributed by atoms with Gasteiger partial charge >= 0.3 is 11.9 Å². The van der Waals surface area contributed by atoms with Gasteiger partial charge in [0, 0.05) is 6.20 Å². The summed E-state index contributed by atoms with van der Waals surface area (Å²) < 4.78 is 0. The molecule has 1 heterocycles. The molecular formula is C9H11NO5. The Balaban J connectivity index is 3.03. The van der Waals surface area contributed by atoms with E-state index in [9.17, 15) is 14.4 Å². The second-order valence-corrected chi connectivity index (χ2v) is 3.76. The summed E-state index contributed by atoms with van der Waals surface area (Å²) in [5, 5.41) is 17.5. The smallest absolute Gasteiger partial charge is 0.333 e. The fourth-order valence-corrected chi connectivity index (χ4v) is 1.23. The highest BCUT2D eigenvalue weighted by molar-refractivity contribution is 5.99. The van der Waals surface area contributed by atoms with E-state index in [0.717, 1.165) is 11.1 Å². The van der Waals surface area contributed by atoms with Crippen molar-refractivity contribution in [2.75, 3.05) is 0 Å². The molecule has 1 rings (SSSR count). The van der Waals surface area contributed by atoms with E-state index in [0.29, 0.717) is 0 Å². The molecule has 1 amide bonds. The van der Waals surface area contributed by atoms with Gasteiger partial charge in [0.25, 0.3) is 0 Å². The molecule has 0 atom stereocenters. The summed E-state index contributed by atoms with van der Waals surface area (Å²) in [6.45, 7) is 2.68. The van der Waals surface area contributed by atoms with Crippen LogP contribution in [0.25, 0.3) is 0 Å². The van der Waals surface area contributed by atoms with Crippen molar-refractivity contribution in [3.63, 3.8) is 0 Å². The van der Waals surface area contributed by atoms with Gasteiger partial charge in [-0.25, -0.2) is 9.59 Å². The van der Waals surface area contributed by atoms with E-state index in [4.69, 9.17) is 10.2 Å². The molecule has 1 aliphatic heterocycles. The van der Waals surface area contributed by atoms with Crippen LogP contribution in [0.2, 0.25) is 0 Å². The zero-order chi connectivity index (χ0) is 11.8. The van der Waals surface area contributed by atoms with Gasteiger partial charge in [-0.2, -0.15) is 0 Å². The Morgan fingerprint density at radius 3 is 2.27 bits per heavy atom. The van der Waals surface area contributed by atoms with Crippen molar-refractivity contribution in [1.82, 2.24) is 4.90 Å². The van der Waals surface area contributed by atoms with Gasteiger partial charge in [0.1, 0.15) is 5.54 Å². The van der Waals surface area contributed by atoms with Crippen LogP contribution in [0.3, 0.4) is 0 Å². The third kappa shape index (κ3) is 1.83. The molecule has 1 aliphatic rings. The largest absolute Gasteiger partial charge is 0.480 e. The van der Waals surface area contributed by atoms with Crippen LogP contribution >= 0.6 is 0 Å².